The molecule has 0 unspecified atom stereocenters. The van der Waals surface area contributed by atoms with Crippen LogP contribution >= 0.6 is 11.3 Å². The number of nitrogens with zero attached hydrogens (tertiary/aromatic N) is 2. The van der Waals surface area contributed by atoms with Gasteiger partial charge in [-0.05, 0) is 60.3 Å². The van der Waals surface area contributed by atoms with Gasteiger partial charge in [-0.3, -0.25) is 24.0 Å². The average molecular weight is 656 g/mol. The molecule has 1 aromatic rings. The molecule has 5 rings (SSSR count). The molecule has 3 N–H and O–H groups in total. The van der Waals surface area contributed by atoms with E-state index in [2.05, 4.69) is 21.1 Å². The number of thiophene rings is 1. The van der Waals surface area contributed by atoms with E-state index < -0.39 is 46.7 Å². The highest BCUT2D eigenvalue weighted by Crippen LogP contribution is 2.40. The Morgan fingerprint density at radius 1 is 1.09 bits per heavy atom. The second-order valence-electron chi connectivity index (χ2n) is 14.7. The molecule has 46 heavy (non-hydrogen) atoms. The zero-order valence-corrected chi connectivity index (χ0v) is 28.4. The lowest BCUT2D eigenvalue weighted by Gasteiger charge is -2.36. The lowest BCUT2D eigenvalue weighted by atomic mass is 9.84. The predicted octanol–water partition coefficient (Wildman–Crippen LogP) is 3.85. The minimum Gasteiger partial charge on any atom is -0.387 e. The van der Waals surface area contributed by atoms with E-state index in [0.29, 0.717) is 25.2 Å². The van der Waals surface area contributed by atoms with E-state index in [1.54, 1.807) is 11.3 Å². The summed E-state index contributed by atoms with van der Waals surface area (Å²) in [5.41, 5.74) is 0.105. The van der Waals surface area contributed by atoms with Crippen molar-refractivity contribution in [1.29, 1.82) is 0 Å². The summed E-state index contributed by atoms with van der Waals surface area (Å²) in [6.07, 6.45) is 8.94. The van der Waals surface area contributed by atoms with Crippen LogP contribution in [0.5, 0.6) is 0 Å². The molecule has 4 aliphatic rings. The van der Waals surface area contributed by atoms with Crippen LogP contribution in [0.25, 0.3) is 0 Å². The molecule has 0 aromatic carbocycles. The number of hydrogen-bond acceptors (Lipinski definition) is 8. The van der Waals surface area contributed by atoms with Crippen molar-refractivity contribution < 1.29 is 28.8 Å². The van der Waals surface area contributed by atoms with Crippen molar-refractivity contribution in [3.8, 4) is 0 Å². The van der Waals surface area contributed by atoms with Crippen molar-refractivity contribution in [3.63, 3.8) is 0 Å². The van der Waals surface area contributed by atoms with Gasteiger partial charge in [0.05, 0.1) is 18.3 Å². The van der Waals surface area contributed by atoms with Crippen LogP contribution in [0.3, 0.4) is 0 Å². The molecule has 1 spiro atoms. The van der Waals surface area contributed by atoms with Crippen LogP contribution in [0.4, 0.5) is 0 Å². The Morgan fingerprint density at radius 2 is 1.83 bits per heavy atom. The van der Waals surface area contributed by atoms with Crippen LogP contribution in [0.2, 0.25) is 0 Å². The zero-order chi connectivity index (χ0) is 33.1. The first kappa shape index (κ1) is 34.1. The molecule has 3 heterocycles. The first-order chi connectivity index (χ1) is 21.9. The smallest absolute Gasteiger partial charge is 0.289 e. The summed E-state index contributed by atoms with van der Waals surface area (Å²) < 4.78 is 0. The highest BCUT2D eigenvalue weighted by molar-refractivity contribution is 7.08. The molecule has 4 amide bonds. The number of Topliss-reactive ketones (excluding diaryl/α,β-unsaturated/α-hetero) is 1. The first-order valence-electron chi connectivity index (χ1n) is 16.9. The topological polar surface area (TPSA) is 146 Å². The molecule has 4 atom stereocenters. The fourth-order valence-electron chi connectivity index (χ4n) is 6.87. The van der Waals surface area contributed by atoms with E-state index in [9.17, 15) is 24.0 Å². The van der Waals surface area contributed by atoms with Gasteiger partial charge in [-0.15, -0.1) is 0 Å². The van der Waals surface area contributed by atoms with E-state index in [1.807, 2.05) is 44.5 Å². The van der Waals surface area contributed by atoms with Gasteiger partial charge in [-0.25, -0.2) is 0 Å². The minimum absolute atomic E-state index is 0.0109. The SMILES string of the molecule is CCC[C@H](NC(=O)[C@@H]1C[C@]2(CC(c3ccsc3)=NO2)CN1C(=O)[C@@H](NC(=O)CC1CCCCC1)C(C)(C)C)C(=O)C(=O)NC1CC1. The number of hydrogen-bond donors (Lipinski definition) is 3. The second-order valence-corrected chi connectivity index (χ2v) is 15.5. The third-order valence-corrected chi connectivity index (χ3v) is 10.3. The summed E-state index contributed by atoms with van der Waals surface area (Å²) in [5.74, 6) is -2.13. The van der Waals surface area contributed by atoms with Gasteiger partial charge in [0.25, 0.3) is 5.91 Å². The van der Waals surface area contributed by atoms with Crippen LogP contribution in [-0.2, 0) is 28.8 Å². The van der Waals surface area contributed by atoms with Crippen LogP contribution < -0.4 is 16.0 Å². The Bertz CT molecular complexity index is 1330. The quantitative estimate of drug-likeness (QED) is 0.292. The van der Waals surface area contributed by atoms with Gasteiger partial charge in [0.15, 0.2) is 5.60 Å². The van der Waals surface area contributed by atoms with Gasteiger partial charge in [0, 0.05) is 30.9 Å². The third-order valence-electron chi connectivity index (χ3n) is 9.64. The van der Waals surface area contributed by atoms with Gasteiger partial charge < -0.3 is 25.7 Å². The summed E-state index contributed by atoms with van der Waals surface area (Å²) in [5, 5.41) is 16.9. The average Bonchev–Trinajstić information content (AvgIpc) is 3.37. The van der Waals surface area contributed by atoms with Crippen LogP contribution in [-0.4, -0.2) is 76.3 Å². The van der Waals surface area contributed by atoms with E-state index in [4.69, 9.17) is 4.84 Å². The van der Waals surface area contributed by atoms with E-state index in [-0.39, 0.29) is 37.2 Å². The molecule has 2 saturated carbocycles. The van der Waals surface area contributed by atoms with E-state index in [0.717, 1.165) is 49.8 Å². The molecule has 12 heteroatoms. The monoisotopic (exact) mass is 655 g/mol. The van der Waals surface area contributed by atoms with Crippen molar-refractivity contribution in [2.75, 3.05) is 6.54 Å². The number of rotatable bonds is 12. The lowest BCUT2D eigenvalue weighted by molar-refractivity contribution is -0.145. The molecule has 1 aromatic heterocycles. The van der Waals surface area contributed by atoms with Crippen molar-refractivity contribution in [2.24, 2.45) is 16.5 Å². The molecule has 0 bridgehead atoms. The summed E-state index contributed by atoms with van der Waals surface area (Å²) in [6, 6.07) is -0.912. The fraction of sp³-hybridized carbons (Fsp3) is 0.706. The molecular formula is C34H49N5O6S. The van der Waals surface area contributed by atoms with Gasteiger partial charge in [-0.1, -0.05) is 58.5 Å². The maximum Gasteiger partial charge on any atom is 0.289 e. The van der Waals surface area contributed by atoms with Gasteiger partial charge in [-0.2, -0.15) is 11.3 Å². The van der Waals surface area contributed by atoms with Crippen LogP contribution in [0.15, 0.2) is 22.0 Å². The summed E-state index contributed by atoms with van der Waals surface area (Å²) in [6.45, 7) is 7.67. The maximum absolute atomic E-state index is 14.5. The molecule has 252 valence electrons. The van der Waals surface area contributed by atoms with Gasteiger partial charge in [0.1, 0.15) is 12.1 Å². The van der Waals surface area contributed by atoms with Crippen molar-refractivity contribution in [1.82, 2.24) is 20.9 Å². The summed E-state index contributed by atoms with van der Waals surface area (Å²) in [4.78, 5) is 75.1. The second kappa shape index (κ2) is 14.2. The third kappa shape index (κ3) is 8.16. The molecule has 11 nitrogen and oxygen atoms in total. The van der Waals surface area contributed by atoms with E-state index in [1.165, 1.54) is 11.3 Å². The summed E-state index contributed by atoms with van der Waals surface area (Å²) >= 11 is 1.55. The number of oxime groups is 1. The molecule has 1 saturated heterocycles. The first-order valence-corrected chi connectivity index (χ1v) is 17.9. The van der Waals surface area contributed by atoms with Crippen molar-refractivity contribution >= 4 is 46.5 Å². The van der Waals surface area contributed by atoms with Gasteiger partial charge >= 0.3 is 0 Å². The number of nitrogens with one attached hydrogen (secondary N) is 3. The highest BCUT2D eigenvalue weighted by Gasteiger charge is 2.55. The normalized spacial score (nSPS) is 24.6. The van der Waals surface area contributed by atoms with E-state index >= 15 is 0 Å². The number of ketones is 1. The fourth-order valence-corrected chi connectivity index (χ4v) is 7.53. The molecule has 2 aliphatic heterocycles. The largest absolute Gasteiger partial charge is 0.387 e. The lowest BCUT2D eigenvalue weighted by Crippen LogP contribution is -2.59. The number of carbonyl (C=O) groups is 5. The molecular weight excluding hydrogens is 606 g/mol. The number of likely N-dealkylation sites (tertiary alicyclic amines) is 1. The Balaban J connectivity index is 1.36. The number of carbonyl (C=O) groups excluding carboxylic acids is 5. The zero-order valence-electron chi connectivity index (χ0n) is 27.6. The molecule has 0 radical (unpaired) electrons. The highest BCUT2D eigenvalue weighted by atomic mass is 32.1. The molecule has 3 fully saturated rings. The Morgan fingerprint density at radius 3 is 2.46 bits per heavy atom. The maximum atomic E-state index is 14.5. The summed E-state index contributed by atoms with van der Waals surface area (Å²) in [7, 11) is 0. The van der Waals surface area contributed by atoms with Crippen molar-refractivity contribution in [3.05, 3.63) is 22.4 Å². The number of amides is 4. The predicted molar refractivity (Wildman–Crippen MR) is 175 cm³/mol. The minimum atomic E-state index is -1.01. The van der Waals surface area contributed by atoms with Crippen molar-refractivity contribution in [2.45, 2.75) is 135 Å². The Kier molecular flexibility index (Phi) is 10.5. The Labute approximate surface area is 275 Å². The standard InChI is InChI=1S/C34H49N5O6S/c1-5-9-24(28(41)31(43)35-23-12-13-23)36-30(42)26-18-34(17-25(38-45-34)22-14-15-46-19-22)20-39(26)32(44)29(33(2,3)4)37-27(40)16-21-10-7-6-8-11-21/h14-15,19,21,23-24,26,29H,5-13,16-18,20H2,1-4H3,(H,35,43)(H,36,42)(H,37,40)/t24-,26-,29+,34+/m0/s1. The Hall–Kier alpha value is -3.28. The van der Waals surface area contributed by atoms with Gasteiger partial charge in [0.2, 0.25) is 23.5 Å². The molecule has 2 aliphatic carbocycles. The van der Waals surface area contributed by atoms with Crippen LogP contribution in [0, 0.1) is 11.3 Å². The van der Waals surface area contributed by atoms with Crippen LogP contribution in [0.1, 0.15) is 110 Å².